The number of anilines is 1. The Morgan fingerprint density at radius 3 is 2.46 bits per heavy atom. The molecule has 0 atom stereocenters. The summed E-state index contributed by atoms with van der Waals surface area (Å²) in [5.41, 5.74) is 3.98. The van der Waals surface area contributed by atoms with Crippen molar-refractivity contribution in [2.75, 3.05) is 4.72 Å². The Bertz CT molecular complexity index is 698. The van der Waals surface area contributed by atoms with E-state index < -0.39 is 8.28 Å². The minimum absolute atomic E-state index is 0.642. The first kappa shape index (κ1) is 18.4. The smallest absolute Gasteiger partial charge is 0.0482 e. The van der Waals surface area contributed by atoms with Gasteiger partial charge in [-0.1, -0.05) is 35.0 Å². The van der Waals surface area contributed by atoms with Gasteiger partial charge in [-0.15, -0.1) is 23.3 Å². The van der Waals surface area contributed by atoms with Crippen molar-refractivity contribution < 1.29 is 0 Å². The number of nitrogens with one attached hydrogen (secondary N) is 1. The summed E-state index contributed by atoms with van der Waals surface area (Å²) in [7, 11) is 0.834. The highest BCUT2D eigenvalue weighted by Crippen LogP contribution is 2.67. The fraction of sp³-hybridized carbons (Fsp3) is 0.579. The van der Waals surface area contributed by atoms with Crippen LogP contribution in [-0.2, 0) is 7.05 Å². The van der Waals surface area contributed by atoms with E-state index in [9.17, 15) is 0 Å². The topological polar surface area (TPSA) is 17.0 Å². The molecule has 1 saturated carbocycles. The van der Waals surface area contributed by atoms with Crippen molar-refractivity contribution in [1.82, 2.24) is 4.57 Å². The third-order valence-electron chi connectivity index (χ3n) is 4.99. The minimum Gasteiger partial charge on any atom is -0.350 e. The zero-order valence-electron chi connectivity index (χ0n) is 15.0. The molecule has 0 radical (unpaired) electrons. The van der Waals surface area contributed by atoms with Gasteiger partial charge in [0.1, 0.15) is 0 Å². The molecule has 1 heterocycles. The predicted molar refractivity (Wildman–Crippen MR) is 118 cm³/mol. The lowest BCUT2D eigenvalue weighted by Crippen LogP contribution is -2.03. The summed E-state index contributed by atoms with van der Waals surface area (Å²) in [6, 6.07) is 6.73. The summed E-state index contributed by atoms with van der Waals surface area (Å²) in [4.78, 5) is 0. The lowest BCUT2D eigenvalue weighted by molar-refractivity contribution is 0.563. The average Bonchev–Trinajstić information content (AvgIpc) is 3.33. The third-order valence-corrected chi connectivity index (χ3v) is 9.27. The number of benzene rings is 1. The highest BCUT2D eigenvalue weighted by atomic mass is 33.5. The summed E-state index contributed by atoms with van der Waals surface area (Å²) in [5.74, 6) is 0.659. The molecule has 1 aromatic carbocycles. The molecular formula is C19H30N2S3. The number of hydrogen-bond donors (Lipinski definition) is 3. The van der Waals surface area contributed by atoms with E-state index in [1.165, 1.54) is 55.0 Å². The second kappa shape index (κ2) is 7.46. The minimum atomic E-state index is -1.32. The monoisotopic (exact) mass is 382 g/mol. The van der Waals surface area contributed by atoms with Crippen LogP contribution in [0.25, 0.3) is 10.9 Å². The SMILES string of the molecule is CCCC(CCC)c1cn(C)c2ccc(NS(S)(S)C3CC3)cc12. The zero-order valence-corrected chi connectivity index (χ0v) is 17.6. The molecule has 0 saturated heterocycles. The van der Waals surface area contributed by atoms with Crippen molar-refractivity contribution in [1.29, 1.82) is 0 Å². The number of hydrogen-bond acceptors (Lipinski definition) is 3. The van der Waals surface area contributed by atoms with Gasteiger partial charge < -0.3 is 9.29 Å². The van der Waals surface area contributed by atoms with Crippen molar-refractivity contribution in [2.45, 2.75) is 63.5 Å². The summed E-state index contributed by atoms with van der Waals surface area (Å²) < 4.78 is 5.89. The Morgan fingerprint density at radius 2 is 1.88 bits per heavy atom. The van der Waals surface area contributed by atoms with Crippen LogP contribution in [-0.4, -0.2) is 9.82 Å². The number of aryl methyl sites for hydroxylation is 1. The van der Waals surface area contributed by atoms with Crippen LogP contribution in [0.2, 0.25) is 0 Å². The molecule has 2 nitrogen and oxygen atoms in total. The highest BCUT2D eigenvalue weighted by Gasteiger charge is 2.36. The van der Waals surface area contributed by atoms with E-state index in [1.807, 2.05) is 0 Å². The lowest BCUT2D eigenvalue weighted by atomic mass is 9.90. The molecule has 1 N–H and O–H groups in total. The van der Waals surface area contributed by atoms with Crippen molar-refractivity contribution >= 4 is 48.2 Å². The number of aromatic nitrogens is 1. The first-order chi connectivity index (χ1) is 11.5. The zero-order chi connectivity index (χ0) is 17.3. The molecule has 3 rings (SSSR count). The van der Waals surface area contributed by atoms with Crippen molar-refractivity contribution in [2.24, 2.45) is 7.05 Å². The number of thiol groups is 2. The van der Waals surface area contributed by atoms with Crippen LogP contribution in [0.1, 0.15) is 63.9 Å². The molecule has 24 heavy (non-hydrogen) atoms. The molecule has 0 spiro atoms. The molecule has 134 valence electrons. The normalized spacial score (nSPS) is 16.1. The van der Waals surface area contributed by atoms with Gasteiger partial charge in [-0.2, -0.15) is 0 Å². The first-order valence-corrected chi connectivity index (χ1v) is 12.9. The Balaban J connectivity index is 1.96. The van der Waals surface area contributed by atoms with Crippen molar-refractivity contribution in [3.8, 4) is 0 Å². The quantitative estimate of drug-likeness (QED) is 0.336. The van der Waals surface area contributed by atoms with Gasteiger partial charge in [0.05, 0.1) is 0 Å². The maximum Gasteiger partial charge on any atom is 0.0482 e. The van der Waals surface area contributed by atoms with Crippen LogP contribution in [0.15, 0.2) is 24.4 Å². The van der Waals surface area contributed by atoms with Gasteiger partial charge in [0, 0.05) is 35.1 Å². The second-order valence-corrected chi connectivity index (χ2v) is 13.5. The van der Waals surface area contributed by atoms with E-state index >= 15 is 0 Å². The fourth-order valence-corrected chi connectivity index (χ4v) is 6.95. The number of fused-ring (bicyclic) bond motifs is 1. The van der Waals surface area contributed by atoms with Gasteiger partial charge in [-0.05, 0) is 55.4 Å². The van der Waals surface area contributed by atoms with E-state index in [0.29, 0.717) is 11.2 Å². The van der Waals surface area contributed by atoms with Gasteiger partial charge in [0.25, 0.3) is 0 Å². The Labute approximate surface area is 157 Å². The summed E-state index contributed by atoms with van der Waals surface area (Å²) in [6.07, 6.45) is 9.85. The standard InChI is InChI=1S/C19H30N2S3/c1-4-6-14(7-5-2)18-13-21(3)19-11-8-15(12-17(18)19)20-24(22,23)16-9-10-16/h8,11-14,16,20,22-23H,4-7,9-10H2,1-3H3. The molecule has 1 aromatic heterocycles. The Morgan fingerprint density at radius 1 is 1.21 bits per heavy atom. The van der Waals surface area contributed by atoms with Crippen LogP contribution in [0.5, 0.6) is 0 Å². The maximum atomic E-state index is 4.82. The summed E-state index contributed by atoms with van der Waals surface area (Å²) in [5, 5.41) is 2.03. The molecule has 0 amide bonds. The summed E-state index contributed by atoms with van der Waals surface area (Å²) >= 11 is 9.64. The second-order valence-electron chi connectivity index (χ2n) is 7.10. The molecule has 0 aliphatic heterocycles. The lowest BCUT2D eigenvalue weighted by Gasteiger charge is -2.30. The summed E-state index contributed by atoms with van der Waals surface area (Å²) in [6.45, 7) is 4.58. The van der Waals surface area contributed by atoms with Gasteiger partial charge in [0.2, 0.25) is 0 Å². The van der Waals surface area contributed by atoms with E-state index in [1.54, 1.807) is 0 Å². The molecule has 2 aromatic rings. The van der Waals surface area contributed by atoms with Gasteiger partial charge >= 0.3 is 0 Å². The van der Waals surface area contributed by atoms with E-state index in [4.69, 9.17) is 23.3 Å². The van der Waals surface area contributed by atoms with Crippen LogP contribution < -0.4 is 4.72 Å². The molecule has 1 fully saturated rings. The van der Waals surface area contributed by atoms with Crippen LogP contribution in [0.4, 0.5) is 5.69 Å². The largest absolute Gasteiger partial charge is 0.350 e. The molecular weight excluding hydrogens is 352 g/mol. The molecule has 1 aliphatic rings. The average molecular weight is 383 g/mol. The van der Waals surface area contributed by atoms with Gasteiger partial charge in [-0.25, -0.2) is 0 Å². The van der Waals surface area contributed by atoms with E-state index in [2.05, 4.69) is 54.6 Å². The van der Waals surface area contributed by atoms with Crippen molar-refractivity contribution in [3.63, 3.8) is 0 Å². The molecule has 0 bridgehead atoms. The van der Waals surface area contributed by atoms with Crippen LogP contribution >= 0.6 is 31.6 Å². The number of nitrogens with zero attached hydrogens (tertiary/aromatic N) is 1. The molecule has 0 unspecified atom stereocenters. The number of rotatable bonds is 8. The Kier molecular flexibility index (Phi) is 5.72. The fourth-order valence-electron chi connectivity index (χ4n) is 3.62. The maximum absolute atomic E-state index is 4.82. The van der Waals surface area contributed by atoms with Gasteiger partial charge in [-0.3, -0.25) is 0 Å². The highest BCUT2D eigenvalue weighted by molar-refractivity contribution is 9.18. The predicted octanol–water partition coefficient (Wildman–Crippen LogP) is 6.85. The van der Waals surface area contributed by atoms with Crippen LogP contribution in [0, 0.1) is 0 Å². The third kappa shape index (κ3) is 3.88. The Hall–Kier alpha value is -0.390. The van der Waals surface area contributed by atoms with Crippen LogP contribution in [0.3, 0.4) is 0 Å². The van der Waals surface area contributed by atoms with E-state index in [-0.39, 0.29) is 0 Å². The van der Waals surface area contributed by atoms with E-state index in [0.717, 1.165) is 5.69 Å². The van der Waals surface area contributed by atoms with Crippen molar-refractivity contribution in [3.05, 3.63) is 30.0 Å². The molecule has 5 heteroatoms. The van der Waals surface area contributed by atoms with Gasteiger partial charge in [0.15, 0.2) is 0 Å². The molecule has 1 aliphatic carbocycles. The first-order valence-electron chi connectivity index (χ1n) is 9.10.